The van der Waals surface area contributed by atoms with Crippen molar-refractivity contribution in [3.05, 3.63) is 48.5 Å². The lowest BCUT2D eigenvalue weighted by Crippen LogP contribution is -2.38. The lowest BCUT2D eigenvalue weighted by Gasteiger charge is -2.27. The number of hydrogen-bond donors (Lipinski definition) is 1. The SMILES string of the molecule is CSc1nn(-c2ccccc2)c2cc(N3CCN(CC4CCCNC4)C3)ccc12. The Hall–Kier alpha value is -2.02. The maximum absolute atomic E-state index is 4.88. The van der Waals surface area contributed by atoms with Crippen molar-refractivity contribution in [2.45, 2.75) is 17.9 Å². The fraction of sp³-hybridized carbons (Fsp3) is 0.435. The van der Waals surface area contributed by atoms with Crippen molar-refractivity contribution in [2.75, 3.05) is 50.5 Å². The average molecular weight is 408 g/mol. The van der Waals surface area contributed by atoms with E-state index in [1.54, 1.807) is 11.8 Å². The molecule has 5 rings (SSSR count). The highest BCUT2D eigenvalue weighted by Gasteiger charge is 2.24. The molecule has 0 spiro atoms. The van der Waals surface area contributed by atoms with Gasteiger partial charge in [0.2, 0.25) is 0 Å². The van der Waals surface area contributed by atoms with E-state index in [-0.39, 0.29) is 0 Å². The van der Waals surface area contributed by atoms with Gasteiger partial charge in [0, 0.05) is 30.7 Å². The van der Waals surface area contributed by atoms with Gasteiger partial charge in [-0.15, -0.1) is 11.8 Å². The van der Waals surface area contributed by atoms with E-state index in [2.05, 4.69) is 74.6 Å². The number of hydrogen-bond acceptors (Lipinski definition) is 5. The quantitative estimate of drug-likeness (QED) is 0.651. The van der Waals surface area contributed by atoms with Gasteiger partial charge in [0.05, 0.1) is 17.9 Å². The minimum atomic E-state index is 0.801. The van der Waals surface area contributed by atoms with E-state index in [0.29, 0.717) is 0 Å². The molecule has 2 aliphatic rings. The molecular formula is C23H29N5S. The van der Waals surface area contributed by atoms with Crippen molar-refractivity contribution in [3.63, 3.8) is 0 Å². The molecule has 2 fully saturated rings. The van der Waals surface area contributed by atoms with E-state index in [0.717, 1.165) is 36.4 Å². The van der Waals surface area contributed by atoms with Gasteiger partial charge in [-0.3, -0.25) is 4.90 Å². The van der Waals surface area contributed by atoms with Crippen LogP contribution in [0.2, 0.25) is 0 Å². The Morgan fingerprint density at radius 3 is 2.79 bits per heavy atom. The molecule has 0 aliphatic carbocycles. The molecule has 29 heavy (non-hydrogen) atoms. The number of rotatable bonds is 5. The van der Waals surface area contributed by atoms with Gasteiger partial charge in [-0.1, -0.05) is 18.2 Å². The highest BCUT2D eigenvalue weighted by molar-refractivity contribution is 7.98. The number of fused-ring (bicyclic) bond motifs is 1. The molecular weight excluding hydrogens is 378 g/mol. The predicted octanol–water partition coefficient (Wildman–Crippen LogP) is 3.83. The van der Waals surface area contributed by atoms with Crippen LogP contribution < -0.4 is 10.2 Å². The highest BCUT2D eigenvalue weighted by atomic mass is 32.2. The molecule has 1 atom stereocenters. The lowest BCUT2D eigenvalue weighted by atomic mass is 9.99. The second-order valence-electron chi connectivity index (χ2n) is 8.15. The van der Waals surface area contributed by atoms with Crippen LogP contribution in [0.15, 0.2) is 53.6 Å². The third-order valence-corrected chi connectivity index (χ3v) is 6.85. The largest absolute Gasteiger partial charge is 0.357 e. The minimum Gasteiger partial charge on any atom is -0.357 e. The molecule has 1 unspecified atom stereocenters. The number of nitrogens with zero attached hydrogens (tertiary/aromatic N) is 4. The third kappa shape index (κ3) is 3.89. The zero-order valence-corrected chi connectivity index (χ0v) is 17.9. The van der Waals surface area contributed by atoms with Gasteiger partial charge in [-0.05, 0) is 68.4 Å². The van der Waals surface area contributed by atoms with E-state index in [1.165, 1.54) is 49.1 Å². The molecule has 0 bridgehead atoms. The second kappa shape index (κ2) is 8.38. The first kappa shape index (κ1) is 19.0. The van der Waals surface area contributed by atoms with Gasteiger partial charge < -0.3 is 10.2 Å². The fourth-order valence-electron chi connectivity index (χ4n) is 4.64. The van der Waals surface area contributed by atoms with E-state index in [4.69, 9.17) is 5.10 Å². The Balaban J connectivity index is 1.39. The van der Waals surface area contributed by atoms with Crippen LogP contribution in [0, 0.1) is 5.92 Å². The van der Waals surface area contributed by atoms with Crippen LogP contribution in [0.1, 0.15) is 12.8 Å². The summed E-state index contributed by atoms with van der Waals surface area (Å²) in [4.78, 5) is 5.13. The Labute approximate surface area is 177 Å². The molecule has 152 valence electrons. The van der Waals surface area contributed by atoms with Gasteiger partial charge in [-0.2, -0.15) is 5.10 Å². The van der Waals surface area contributed by atoms with Crippen LogP contribution >= 0.6 is 11.8 Å². The molecule has 5 nitrogen and oxygen atoms in total. The van der Waals surface area contributed by atoms with Crippen molar-refractivity contribution in [1.82, 2.24) is 20.0 Å². The summed E-state index contributed by atoms with van der Waals surface area (Å²) in [5, 5.41) is 10.7. The molecule has 0 amide bonds. The van der Waals surface area contributed by atoms with Crippen LogP contribution in [-0.2, 0) is 0 Å². The summed E-state index contributed by atoms with van der Waals surface area (Å²) in [5.41, 5.74) is 3.60. The maximum Gasteiger partial charge on any atom is 0.126 e. The van der Waals surface area contributed by atoms with Crippen molar-refractivity contribution in [1.29, 1.82) is 0 Å². The summed E-state index contributed by atoms with van der Waals surface area (Å²) in [6.45, 7) is 6.86. The summed E-state index contributed by atoms with van der Waals surface area (Å²) in [6, 6.07) is 17.3. The van der Waals surface area contributed by atoms with Crippen LogP contribution in [0.4, 0.5) is 5.69 Å². The third-order valence-electron chi connectivity index (χ3n) is 6.16. The van der Waals surface area contributed by atoms with Crippen LogP contribution in [0.5, 0.6) is 0 Å². The summed E-state index contributed by atoms with van der Waals surface area (Å²) in [5.74, 6) is 0.801. The normalized spacial score (nSPS) is 20.6. The van der Waals surface area contributed by atoms with Gasteiger partial charge in [0.15, 0.2) is 0 Å². The van der Waals surface area contributed by atoms with Crippen molar-refractivity contribution in [3.8, 4) is 5.69 Å². The topological polar surface area (TPSA) is 36.3 Å². The Morgan fingerprint density at radius 1 is 1.10 bits per heavy atom. The summed E-state index contributed by atoms with van der Waals surface area (Å²) >= 11 is 1.71. The molecule has 2 aliphatic heterocycles. The standard InChI is InChI=1S/C23H29N5S/c1-29-23-21-10-9-20(14-22(21)28(25-23)19-7-3-2-4-8-19)27-13-12-26(17-27)16-18-6-5-11-24-15-18/h2-4,7-10,14,18,24H,5-6,11-13,15-17H2,1H3. The zero-order valence-electron chi connectivity index (χ0n) is 17.1. The van der Waals surface area contributed by atoms with Crippen LogP contribution in [0.3, 0.4) is 0 Å². The Bertz CT molecular complexity index is 964. The predicted molar refractivity (Wildman–Crippen MR) is 122 cm³/mol. The van der Waals surface area contributed by atoms with E-state index in [1.807, 2.05) is 0 Å². The van der Waals surface area contributed by atoms with Gasteiger partial charge >= 0.3 is 0 Å². The minimum absolute atomic E-state index is 0.801. The molecule has 2 aromatic carbocycles. The van der Waals surface area contributed by atoms with Crippen LogP contribution in [0.25, 0.3) is 16.6 Å². The molecule has 1 aromatic heterocycles. The van der Waals surface area contributed by atoms with Gasteiger partial charge in [0.25, 0.3) is 0 Å². The first-order chi connectivity index (χ1) is 14.3. The highest BCUT2D eigenvalue weighted by Crippen LogP contribution is 2.32. The number of para-hydroxylation sites is 1. The molecule has 0 saturated carbocycles. The molecule has 3 heterocycles. The number of piperidine rings is 1. The van der Waals surface area contributed by atoms with E-state index < -0.39 is 0 Å². The van der Waals surface area contributed by atoms with E-state index in [9.17, 15) is 0 Å². The molecule has 3 aromatic rings. The molecule has 6 heteroatoms. The van der Waals surface area contributed by atoms with Crippen molar-refractivity contribution < 1.29 is 0 Å². The fourth-order valence-corrected chi connectivity index (χ4v) is 5.19. The van der Waals surface area contributed by atoms with Crippen LogP contribution in [-0.4, -0.2) is 60.3 Å². The summed E-state index contributed by atoms with van der Waals surface area (Å²) in [7, 11) is 0. The smallest absolute Gasteiger partial charge is 0.126 e. The summed E-state index contributed by atoms with van der Waals surface area (Å²) < 4.78 is 2.09. The lowest BCUT2D eigenvalue weighted by molar-refractivity contribution is 0.245. The first-order valence-electron chi connectivity index (χ1n) is 10.6. The number of anilines is 1. The Morgan fingerprint density at radius 2 is 2.00 bits per heavy atom. The maximum atomic E-state index is 4.88. The number of benzene rings is 2. The number of nitrogens with one attached hydrogen (secondary N) is 1. The average Bonchev–Trinajstić information content (AvgIpc) is 3.39. The first-order valence-corrected chi connectivity index (χ1v) is 11.8. The monoisotopic (exact) mass is 407 g/mol. The number of thioether (sulfide) groups is 1. The van der Waals surface area contributed by atoms with Gasteiger partial charge in [0.1, 0.15) is 5.03 Å². The molecule has 0 radical (unpaired) electrons. The molecule has 1 N–H and O–H groups in total. The summed E-state index contributed by atoms with van der Waals surface area (Å²) in [6.07, 6.45) is 4.78. The second-order valence-corrected chi connectivity index (χ2v) is 8.95. The van der Waals surface area contributed by atoms with E-state index >= 15 is 0 Å². The zero-order chi connectivity index (χ0) is 19.6. The van der Waals surface area contributed by atoms with Crippen molar-refractivity contribution in [2.24, 2.45) is 5.92 Å². The van der Waals surface area contributed by atoms with Gasteiger partial charge in [-0.25, -0.2) is 4.68 Å². The Kier molecular flexibility index (Phi) is 5.48. The van der Waals surface area contributed by atoms with Crippen molar-refractivity contribution >= 4 is 28.4 Å². The molecule has 2 saturated heterocycles. The number of aromatic nitrogens is 2.